The summed E-state index contributed by atoms with van der Waals surface area (Å²) in [4.78, 5) is 24.8. The van der Waals surface area contributed by atoms with Crippen LogP contribution in [0.5, 0.6) is 5.75 Å². The molecular formula is C16H19F3N2O3. The van der Waals surface area contributed by atoms with Gasteiger partial charge in [0.2, 0.25) is 11.8 Å². The second kappa shape index (κ2) is 8.03. The van der Waals surface area contributed by atoms with Gasteiger partial charge in [-0.15, -0.1) is 0 Å². The summed E-state index contributed by atoms with van der Waals surface area (Å²) in [6.45, 7) is 0.959. The third-order valence-corrected chi connectivity index (χ3v) is 3.63. The summed E-state index contributed by atoms with van der Waals surface area (Å²) in [7, 11) is 0. The molecule has 0 saturated carbocycles. The fraction of sp³-hybridized carbons (Fsp3) is 0.500. The van der Waals surface area contributed by atoms with E-state index in [-0.39, 0.29) is 31.5 Å². The lowest BCUT2D eigenvalue weighted by atomic mass is 10.1. The molecule has 0 aliphatic carbocycles. The van der Waals surface area contributed by atoms with Gasteiger partial charge < -0.3 is 15.0 Å². The highest BCUT2D eigenvalue weighted by molar-refractivity contribution is 5.85. The van der Waals surface area contributed by atoms with Gasteiger partial charge in [0.05, 0.1) is 18.7 Å². The minimum Gasteiger partial charge on any atom is -0.492 e. The summed E-state index contributed by atoms with van der Waals surface area (Å²) < 4.78 is 42.5. The number of nitrogens with zero attached hydrogens (tertiary/aromatic N) is 1. The van der Waals surface area contributed by atoms with E-state index in [4.69, 9.17) is 4.74 Å². The average molecular weight is 344 g/mol. The third-order valence-electron chi connectivity index (χ3n) is 3.63. The van der Waals surface area contributed by atoms with Crippen LogP contribution >= 0.6 is 0 Å². The molecular weight excluding hydrogens is 325 g/mol. The Morgan fingerprint density at radius 3 is 2.54 bits per heavy atom. The average Bonchev–Trinajstić information content (AvgIpc) is 2.53. The third kappa shape index (κ3) is 5.43. The summed E-state index contributed by atoms with van der Waals surface area (Å²) in [6, 6.07) is 4.35. The highest BCUT2D eigenvalue weighted by atomic mass is 19.4. The molecule has 1 saturated heterocycles. The standard InChI is InChI=1S/C16H19F3N2O3/c17-16(18,19)12-4-6-13(7-5-12)24-10-8-20-14(22)11-21-9-2-1-3-15(21)23/h4-7H,1-3,8-11H2,(H,20,22). The molecule has 0 aromatic heterocycles. The Kier molecular flexibility index (Phi) is 6.05. The number of amides is 2. The van der Waals surface area contributed by atoms with Gasteiger partial charge in [-0.25, -0.2) is 0 Å². The molecule has 8 heteroatoms. The second-order valence-electron chi connectivity index (χ2n) is 5.49. The zero-order valence-electron chi connectivity index (χ0n) is 13.1. The Hall–Kier alpha value is -2.25. The number of piperidine rings is 1. The number of carbonyl (C=O) groups is 2. The van der Waals surface area contributed by atoms with E-state index in [9.17, 15) is 22.8 Å². The lowest BCUT2D eigenvalue weighted by Crippen LogP contribution is -2.43. The summed E-state index contributed by atoms with van der Waals surface area (Å²) in [6.07, 6.45) is -2.14. The molecule has 1 aliphatic heterocycles. The van der Waals surface area contributed by atoms with Crippen LogP contribution in [0.1, 0.15) is 24.8 Å². The van der Waals surface area contributed by atoms with Crippen molar-refractivity contribution in [3.05, 3.63) is 29.8 Å². The van der Waals surface area contributed by atoms with Crippen molar-refractivity contribution in [2.75, 3.05) is 26.2 Å². The lowest BCUT2D eigenvalue weighted by molar-refractivity contribution is -0.138. The van der Waals surface area contributed by atoms with Gasteiger partial charge in [-0.3, -0.25) is 9.59 Å². The predicted molar refractivity (Wildman–Crippen MR) is 80.4 cm³/mol. The Balaban J connectivity index is 1.67. The molecule has 0 unspecified atom stereocenters. The normalized spacial score (nSPS) is 15.3. The van der Waals surface area contributed by atoms with Gasteiger partial charge in [-0.2, -0.15) is 13.2 Å². The Morgan fingerprint density at radius 1 is 1.21 bits per heavy atom. The summed E-state index contributed by atoms with van der Waals surface area (Å²) in [5.74, 6) is 0.00197. The highest BCUT2D eigenvalue weighted by Crippen LogP contribution is 2.30. The van der Waals surface area contributed by atoms with E-state index in [2.05, 4.69) is 5.32 Å². The summed E-state index contributed by atoms with van der Waals surface area (Å²) in [5.41, 5.74) is -0.741. The van der Waals surface area contributed by atoms with E-state index < -0.39 is 11.7 Å². The lowest BCUT2D eigenvalue weighted by Gasteiger charge is -2.25. The van der Waals surface area contributed by atoms with Gasteiger partial charge in [-0.05, 0) is 37.1 Å². The molecule has 1 aliphatic rings. The van der Waals surface area contributed by atoms with Crippen LogP contribution in [0.4, 0.5) is 13.2 Å². The smallest absolute Gasteiger partial charge is 0.416 e. The number of halogens is 3. The van der Waals surface area contributed by atoms with Crippen LogP contribution in [0.15, 0.2) is 24.3 Å². The monoisotopic (exact) mass is 344 g/mol. The van der Waals surface area contributed by atoms with E-state index in [1.54, 1.807) is 0 Å². The van der Waals surface area contributed by atoms with Crippen molar-refractivity contribution in [3.8, 4) is 5.75 Å². The maximum absolute atomic E-state index is 12.4. The van der Waals surface area contributed by atoms with Gasteiger partial charge in [0.1, 0.15) is 12.4 Å². The molecule has 0 bridgehead atoms. The molecule has 1 fully saturated rings. The van der Waals surface area contributed by atoms with Crippen molar-refractivity contribution in [1.29, 1.82) is 0 Å². The predicted octanol–water partition coefficient (Wildman–Crippen LogP) is 2.21. The molecule has 1 aromatic carbocycles. The Bertz CT molecular complexity index is 573. The molecule has 2 amide bonds. The number of benzene rings is 1. The number of rotatable bonds is 6. The van der Waals surface area contributed by atoms with Gasteiger partial charge in [0.25, 0.3) is 0 Å². The number of hydrogen-bond donors (Lipinski definition) is 1. The first-order chi connectivity index (χ1) is 11.4. The minimum absolute atomic E-state index is 0.0163. The highest BCUT2D eigenvalue weighted by Gasteiger charge is 2.30. The van der Waals surface area contributed by atoms with E-state index in [1.807, 2.05) is 0 Å². The molecule has 0 atom stereocenters. The van der Waals surface area contributed by atoms with Gasteiger partial charge >= 0.3 is 6.18 Å². The molecule has 0 spiro atoms. The van der Waals surface area contributed by atoms with Crippen LogP contribution in [0.3, 0.4) is 0 Å². The van der Waals surface area contributed by atoms with Crippen LogP contribution < -0.4 is 10.1 Å². The van der Waals surface area contributed by atoms with Gasteiger partial charge in [-0.1, -0.05) is 0 Å². The van der Waals surface area contributed by atoms with Gasteiger partial charge in [0, 0.05) is 13.0 Å². The van der Waals surface area contributed by atoms with Crippen molar-refractivity contribution in [2.45, 2.75) is 25.4 Å². The Labute approximate surface area is 137 Å². The molecule has 132 valence electrons. The van der Waals surface area contributed by atoms with Crippen molar-refractivity contribution in [1.82, 2.24) is 10.2 Å². The zero-order chi connectivity index (χ0) is 17.6. The SMILES string of the molecule is O=C(CN1CCCCC1=O)NCCOc1ccc(C(F)(F)F)cc1. The number of nitrogens with one attached hydrogen (secondary N) is 1. The largest absolute Gasteiger partial charge is 0.492 e. The van der Waals surface area contributed by atoms with Gasteiger partial charge in [0.15, 0.2) is 0 Å². The molecule has 1 aromatic rings. The fourth-order valence-electron chi connectivity index (χ4n) is 2.36. The molecule has 2 rings (SSSR count). The Morgan fingerprint density at radius 2 is 1.92 bits per heavy atom. The number of alkyl halides is 3. The van der Waals surface area contributed by atoms with Crippen molar-refractivity contribution < 1.29 is 27.5 Å². The van der Waals surface area contributed by atoms with Crippen molar-refractivity contribution >= 4 is 11.8 Å². The topological polar surface area (TPSA) is 58.6 Å². The van der Waals surface area contributed by atoms with E-state index in [0.717, 1.165) is 25.0 Å². The summed E-state index contributed by atoms with van der Waals surface area (Å²) >= 11 is 0. The van der Waals surface area contributed by atoms with E-state index in [0.29, 0.717) is 18.7 Å². The fourth-order valence-corrected chi connectivity index (χ4v) is 2.36. The number of carbonyl (C=O) groups excluding carboxylic acids is 2. The van der Waals surface area contributed by atoms with Crippen LogP contribution in [0.2, 0.25) is 0 Å². The molecule has 24 heavy (non-hydrogen) atoms. The van der Waals surface area contributed by atoms with Crippen LogP contribution in [0, 0.1) is 0 Å². The van der Waals surface area contributed by atoms with Crippen molar-refractivity contribution in [3.63, 3.8) is 0 Å². The first-order valence-corrected chi connectivity index (χ1v) is 7.71. The van der Waals surface area contributed by atoms with Crippen LogP contribution in [0.25, 0.3) is 0 Å². The van der Waals surface area contributed by atoms with Crippen molar-refractivity contribution in [2.24, 2.45) is 0 Å². The molecule has 1 heterocycles. The van der Waals surface area contributed by atoms with E-state index in [1.165, 1.54) is 17.0 Å². The van der Waals surface area contributed by atoms with Crippen LogP contribution in [-0.4, -0.2) is 43.0 Å². The first-order valence-electron chi connectivity index (χ1n) is 7.71. The van der Waals surface area contributed by atoms with Crippen LogP contribution in [-0.2, 0) is 15.8 Å². The molecule has 0 radical (unpaired) electrons. The number of ether oxygens (including phenoxy) is 1. The number of likely N-dealkylation sites (tertiary alicyclic amines) is 1. The maximum Gasteiger partial charge on any atom is 0.416 e. The maximum atomic E-state index is 12.4. The number of hydrogen-bond acceptors (Lipinski definition) is 3. The quantitative estimate of drug-likeness (QED) is 0.805. The minimum atomic E-state index is -4.38. The second-order valence-corrected chi connectivity index (χ2v) is 5.49. The first kappa shape index (κ1) is 18.1. The molecule has 5 nitrogen and oxygen atoms in total. The zero-order valence-corrected chi connectivity index (χ0v) is 13.1. The molecule has 1 N–H and O–H groups in total. The van der Waals surface area contributed by atoms with E-state index >= 15 is 0 Å². The summed E-state index contributed by atoms with van der Waals surface area (Å²) in [5, 5.41) is 2.62.